The molecule has 0 radical (unpaired) electrons. The fraction of sp³-hybridized carbons (Fsp3) is 0.667. The zero-order valence-corrected chi connectivity index (χ0v) is 15.1. The van der Waals surface area contributed by atoms with Gasteiger partial charge in [0.1, 0.15) is 0 Å². The normalized spacial score (nSPS) is 21.7. The minimum atomic E-state index is 0.631. The van der Waals surface area contributed by atoms with Gasteiger partial charge in [0, 0.05) is 25.8 Å². The Hall–Kier alpha value is -0.320. The van der Waals surface area contributed by atoms with Crippen LogP contribution in [0.1, 0.15) is 31.2 Å². The van der Waals surface area contributed by atoms with Gasteiger partial charge in [-0.2, -0.15) is 0 Å². The number of ether oxygens (including phenoxy) is 1. The number of nitrogens with one attached hydrogen (secondary N) is 1. The summed E-state index contributed by atoms with van der Waals surface area (Å²) in [4.78, 5) is 2.51. The van der Waals surface area contributed by atoms with Crippen LogP contribution in [0, 0.1) is 5.92 Å². The lowest BCUT2D eigenvalue weighted by atomic mass is 9.98. The monoisotopic (exact) mass is 356 g/mol. The van der Waals surface area contributed by atoms with Crippen LogP contribution in [0.3, 0.4) is 0 Å². The Balaban J connectivity index is 1.38. The van der Waals surface area contributed by atoms with Gasteiger partial charge < -0.3 is 10.1 Å². The molecular formula is C18H26Cl2N2O. The molecule has 0 amide bonds. The number of hydrogen-bond acceptors (Lipinski definition) is 3. The van der Waals surface area contributed by atoms with Crippen LogP contribution in [0.25, 0.3) is 0 Å². The Kier molecular flexibility index (Phi) is 6.61. The van der Waals surface area contributed by atoms with E-state index in [1.54, 1.807) is 0 Å². The van der Waals surface area contributed by atoms with Crippen LogP contribution in [0.4, 0.5) is 0 Å². The number of piperidine rings is 1. The van der Waals surface area contributed by atoms with Gasteiger partial charge in [-0.15, -0.1) is 0 Å². The number of nitrogens with zero attached hydrogens (tertiary/aromatic N) is 1. The fourth-order valence-electron chi connectivity index (χ4n) is 3.48. The van der Waals surface area contributed by atoms with Crippen molar-refractivity contribution in [3.63, 3.8) is 0 Å². The van der Waals surface area contributed by atoms with E-state index in [-0.39, 0.29) is 0 Å². The third kappa shape index (κ3) is 5.33. The molecule has 2 aliphatic heterocycles. The topological polar surface area (TPSA) is 24.5 Å². The van der Waals surface area contributed by atoms with Crippen LogP contribution < -0.4 is 5.32 Å². The molecule has 0 saturated carbocycles. The van der Waals surface area contributed by atoms with Gasteiger partial charge in [0.05, 0.1) is 10.0 Å². The second kappa shape index (κ2) is 8.68. The third-order valence-electron chi connectivity index (χ3n) is 5.01. The van der Waals surface area contributed by atoms with E-state index in [2.05, 4.69) is 16.3 Å². The van der Waals surface area contributed by atoms with E-state index >= 15 is 0 Å². The first-order chi connectivity index (χ1) is 11.2. The van der Waals surface area contributed by atoms with Crippen molar-refractivity contribution in [2.24, 2.45) is 5.92 Å². The van der Waals surface area contributed by atoms with E-state index in [4.69, 9.17) is 27.9 Å². The van der Waals surface area contributed by atoms with Gasteiger partial charge in [0.25, 0.3) is 0 Å². The van der Waals surface area contributed by atoms with Crippen LogP contribution in [0.5, 0.6) is 0 Å². The molecule has 128 valence electrons. The van der Waals surface area contributed by atoms with E-state index in [1.165, 1.54) is 31.2 Å². The molecule has 23 heavy (non-hydrogen) atoms. The largest absolute Gasteiger partial charge is 0.381 e. The van der Waals surface area contributed by atoms with Crippen LogP contribution >= 0.6 is 23.2 Å². The SMILES string of the molecule is Clc1ccc(CN2CCC(NCC3CCOCC3)CC2)cc1Cl. The highest BCUT2D eigenvalue weighted by Crippen LogP contribution is 2.24. The number of halogens is 2. The lowest BCUT2D eigenvalue weighted by Gasteiger charge is -2.33. The summed E-state index contributed by atoms with van der Waals surface area (Å²) in [7, 11) is 0. The van der Waals surface area contributed by atoms with Crippen molar-refractivity contribution in [1.82, 2.24) is 10.2 Å². The predicted octanol–water partition coefficient (Wildman–Crippen LogP) is 3.97. The lowest BCUT2D eigenvalue weighted by Crippen LogP contribution is -2.44. The Morgan fingerprint density at radius 1 is 1.04 bits per heavy atom. The van der Waals surface area contributed by atoms with Gasteiger partial charge in [0.15, 0.2) is 0 Å². The quantitative estimate of drug-likeness (QED) is 0.863. The zero-order chi connectivity index (χ0) is 16.1. The van der Waals surface area contributed by atoms with Crippen molar-refractivity contribution in [3.05, 3.63) is 33.8 Å². The molecule has 0 atom stereocenters. The minimum absolute atomic E-state index is 0.631. The van der Waals surface area contributed by atoms with E-state index in [0.29, 0.717) is 16.1 Å². The Labute approximate surface area is 149 Å². The van der Waals surface area contributed by atoms with E-state index in [9.17, 15) is 0 Å². The summed E-state index contributed by atoms with van der Waals surface area (Å²) in [5.41, 5.74) is 1.24. The maximum absolute atomic E-state index is 6.10. The molecule has 3 rings (SSSR count). The van der Waals surface area contributed by atoms with Crippen LogP contribution in [0.15, 0.2) is 18.2 Å². The highest BCUT2D eigenvalue weighted by molar-refractivity contribution is 6.42. The van der Waals surface area contributed by atoms with Gasteiger partial charge in [-0.1, -0.05) is 29.3 Å². The highest BCUT2D eigenvalue weighted by atomic mass is 35.5. The van der Waals surface area contributed by atoms with Crippen LogP contribution in [-0.2, 0) is 11.3 Å². The van der Waals surface area contributed by atoms with Crippen molar-refractivity contribution in [1.29, 1.82) is 0 Å². The summed E-state index contributed by atoms with van der Waals surface area (Å²) >= 11 is 12.1. The molecule has 1 aromatic carbocycles. The van der Waals surface area contributed by atoms with Gasteiger partial charge >= 0.3 is 0 Å². The first-order valence-corrected chi connectivity index (χ1v) is 9.43. The van der Waals surface area contributed by atoms with Gasteiger partial charge in [0.2, 0.25) is 0 Å². The molecule has 0 aliphatic carbocycles. The molecule has 2 fully saturated rings. The Bertz CT molecular complexity index is 498. The maximum atomic E-state index is 6.10. The summed E-state index contributed by atoms with van der Waals surface area (Å²) in [6.07, 6.45) is 4.88. The summed E-state index contributed by atoms with van der Waals surface area (Å²) in [6.45, 7) is 6.28. The molecule has 5 heteroatoms. The average Bonchev–Trinajstić information content (AvgIpc) is 2.58. The van der Waals surface area contributed by atoms with E-state index in [1.807, 2.05) is 12.1 Å². The summed E-state index contributed by atoms with van der Waals surface area (Å²) in [5, 5.41) is 5.05. The number of rotatable bonds is 5. The summed E-state index contributed by atoms with van der Waals surface area (Å²) in [6, 6.07) is 6.62. The number of likely N-dealkylation sites (tertiary alicyclic amines) is 1. The number of hydrogen-bond donors (Lipinski definition) is 1. The third-order valence-corrected chi connectivity index (χ3v) is 5.75. The standard InChI is InChI=1S/C18H26Cl2N2O/c19-17-2-1-15(11-18(17)20)13-22-7-3-16(4-8-22)21-12-14-5-9-23-10-6-14/h1-2,11,14,16,21H,3-10,12-13H2. The van der Waals surface area contributed by atoms with Crippen LogP contribution in [-0.4, -0.2) is 43.8 Å². The maximum Gasteiger partial charge on any atom is 0.0595 e. The molecule has 1 aromatic rings. The zero-order valence-electron chi connectivity index (χ0n) is 13.6. The molecule has 3 nitrogen and oxygen atoms in total. The molecule has 0 spiro atoms. The second-order valence-electron chi connectivity index (χ2n) is 6.76. The van der Waals surface area contributed by atoms with Gasteiger partial charge in [-0.3, -0.25) is 4.90 Å². The minimum Gasteiger partial charge on any atom is -0.381 e. The van der Waals surface area contributed by atoms with Gasteiger partial charge in [-0.25, -0.2) is 0 Å². The summed E-state index contributed by atoms with van der Waals surface area (Å²) < 4.78 is 5.43. The van der Waals surface area contributed by atoms with Crippen molar-refractivity contribution in [3.8, 4) is 0 Å². The number of benzene rings is 1. The van der Waals surface area contributed by atoms with Crippen molar-refractivity contribution in [2.75, 3.05) is 32.8 Å². The second-order valence-corrected chi connectivity index (χ2v) is 7.58. The van der Waals surface area contributed by atoms with Crippen molar-refractivity contribution < 1.29 is 4.74 Å². The molecule has 0 unspecified atom stereocenters. The molecular weight excluding hydrogens is 331 g/mol. The molecule has 2 aliphatic rings. The van der Waals surface area contributed by atoms with Gasteiger partial charge in [-0.05, 0) is 68.9 Å². The van der Waals surface area contributed by atoms with E-state index in [0.717, 1.165) is 45.3 Å². The molecule has 0 bridgehead atoms. The average molecular weight is 357 g/mol. The first kappa shape index (κ1) is 17.5. The Morgan fingerprint density at radius 3 is 2.48 bits per heavy atom. The lowest BCUT2D eigenvalue weighted by molar-refractivity contribution is 0.0642. The van der Waals surface area contributed by atoms with Crippen LogP contribution in [0.2, 0.25) is 10.0 Å². The van der Waals surface area contributed by atoms with Crippen molar-refractivity contribution in [2.45, 2.75) is 38.3 Å². The molecule has 0 aromatic heterocycles. The Morgan fingerprint density at radius 2 is 1.78 bits per heavy atom. The highest BCUT2D eigenvalue weighted by Gasteiger charge is 2.21. The fourth-order valence-corrected chi connectivity index (χ4v) is 3.80. The predicted molar refractivity (Wildman–Crippen MR) is 96.3 cm³/mol. The van der Waals surface area contributed by atoms with Crippen molar-refractivity contribution >= 4 is 23.2 Å². The molecule has 2 saturated heterocycles. The molecule has 2 heterocycles. The smallest absolute Gasteiger partial charge is 0.0595 e. The first-order valence-electron chi connectivity index (χ1n) is 8.68. The van der Waals surface area contributed by atoms with E-state index < -0.39 is 0 Å². The molecule has 1 N–H and O–H groups in total. The summed E-state index contributed by atoms with van der Waals surface area (Å²) in [5.74, 6) is 0.804.